The predicted octanol–water partition coefficient (Wildman–Crippen LogP) is 2.32. The van der Waals surface area contributed by atoms with E-state index in [0.29, 0.717) is 11.6 Å². The van der Waals surface area contributed by atoms with Crippen molar-refractivity contribution >= 4 is 17.5 Å². The zero-order chi connectivity index (χ0) is 11.4. The number of aromatic hydroxyl groups is 1. The number of carbonyl (C=O) groups is 1. The minimum Gasteiger partial charge on any atom is -0.508 e. The fraction of sp³-hybridized carbons (Fsp3) is 0.364. The molecule has 15 heavy (non-hydrogen) atoms. The van der Waals surface area contributed by atoms with Gasteiger partial charge in [0.2, 0.25) is 5.91 Å². The number of halogens is 1. The highest BCUT2D eigenvalue weighted by molar-refractivity contribution is 6.31. The summed E-state index contributed by atoms with van der Waals surface area (Å²) in [5, 5.41) is 12.3. The maximum absolute atomic E-state index is 11.3. The molecule has 4 heteroatoms. The van der Waals surface area contributed by atoms with Crippen LogP contribution in [0.15, 0.2) is 18.2 Å². The fourth-order valence-corrected chi connectivity index (χ4v) is 1.31. The van der Waals surface area contributed by atoms with E-state index in [1.54, 1.807) is 12.1 Å². The second-order valence-corrected chi connectivity index (χ2v) is 4.06. The molecule has 0 saturated heterocycles. The second kappa shape index (κ2) is 5.03. The first-order valence-electron chi connectivity index (χ1n) is 4.76. The van der Waals surface area contributed by atoms with Gasteiger partial charge in [-0.25, -0.2) is 0 Å². The summed E-state index contributed by atoms with van der Waals surface area (Å²) in [7, 11) is 0. The highest BCUT2D eigenvalue weighted by atomic mass is 35.5. The van der Waals surface area contributed by atoms with Crippen LogP contribution in [-0.4, -0.2) is 11.0 Å². The van der Waals surface area contributed by atoms with Crippen LogP contribution < -0.4 is 5.32 Å². The van der Waals surface area contributed by atoms with Gasteiger partial charge in [-0.15, -0.1) is 0 Å². The highest BCUT2D eigenvalue weighted by Gasteiger charge is 2.07. The van der Waals surface area contributed by atoms with Crippen LogP contribution in [0.5, 0.6) is 5.75 Å². The van der Waals surface area contributed by atoms with Crippen LogP contribution in [0.3, 0.4) is 0 Å². The summed E-state index contributed by atoms with van der Waals surface area (Å²) < 4.78 is 0. The summed E-state index contributed by atoms with van der Waals surface area (Å²) in [6.45, 7) is 4.04. The Morgan fingerprint density at radius 2 is 2.20 bits per heavy atom. The third kappa shape index (κ3) is 3.44. The van der Waals surface area contributed by atoms with Gasteiger partial charge < -0.3 is 10.4 Å². The molecular formula is C11H14ClNO2. The molecule has 1 amide bonds. The molecule has 82 valence electrons. The van der Waals surface area contributed by atoms with E-state index in [0.717, 1.165) is 5.56 Å². The third-order valence-corrected chi connectivity index (χ3v) is 2.37. The average molecular weight is 228 g/mol. The van der Waals surface area contributed by atoms with E-state index in [2.05, 4.69) is 5.32 Å². The Hall–Kier alpha value is -1.22. The normalized spacial score (nSPS) is 10.4. The number of hydrogen-bond acceptors (Lipinski definition) is 2. The van der Waals surface area contributed by atoms with Gasteiger partial charge in [-0.1, -0.05) is 31.5 Å². The minimum absolute atomic E-state index is 0.0147. The van der Waals surface area contributed by atoms with E-state index in [9.17, 15) is 4.79 Å². The Kier molecular flexibility index (Phi) is 3.97. The summed E-state index contributed by atoms with van der Waals surface area (Å²) in [5.74, 6) is 0.0685. The second-order valence-electron chi connectivity index (χ2n) is 3.65. The quantitative estimate of drug-likeness (QED) is 0.833. The van der Waals surface area contributed by atoms with Gasteiger partial charge in [-0.2, -0.15) is 0 Å². The van der Waals surface area contributed by atoms with Crippen molar-refractivity contribution in [3.63, 3.8) is 0 Å². The van der Waals surface area contributed by atoms with Crippen LogP contribution >= 0.6 is 11.6 Å². The Morgan fingerprint density at radius 1 is 1.53 bits per heavy atom. The van der Waals surface area contributed by atoms with E-state index in [-0.39, 0.29) is 17.6 Å². The number of phenols is 1. The van der Waals surface area contributed by atoms with Crippen molar-refractivity contribution < 1.29 is 9.90 Å². The predicted molar refractivity (Wildman–Crippen MR) is 59.8 cm³/mol. The van der Waals surface area contributed by atoms with E-state index >= 15 is 0 Å². The van der Waals surface area contributed by atoms with Crippen molar-refractivity contribution in [1.82, 2.24) is 5.32 Å². The van der Waals surface area contributed by atoms with Crippen molar-refractivity contribution in [3.8, 4) is 5.75 Å². The van der Waals surface area contributed by atoms with Crippen molar-refractivity contribution in [2.45, 2.75) is 20.4 Å². The maximum Gasteiger partial charge on any atom is 0.222 e. The molecule has 0 heterocycles. The van der Waals surface area contributed by atoms with Gasteiger partial charge >= 0.3 is 0 Å². The topological polar surface area (TPSA) is 49.3 Å². The molecule has 1 aromatic carbocycles. The Bertz CT molecular complexity index is 364. The van der Waals surface area contributed by atoms with Crippen molar-refractivity contribution in [2.75, 3.05) is 0 Å². The lowest BCUT2D eigenvalue weighted by Gasteiger charge is -2.09. The summed E-state index contributed by atoms with van der Waals surface area (Å²) in [4.78, 5) is 11.3. The molecule has 0 atom stereocenters. The Morgan fingerprint density at radius 3 is 2.73 bits per heavy atom. The number of carbonyl (C=O) groups excluding carboxylic acids is 1. The molecule has 1 rings (SSSR count). The van der Waals surface area contributed by atoms with E-state index in [4.69, 9.17) is 16.7 Å². The number of hydrogen-bond donors (Lipinski definition) is 2. The molecule has 0 spiro atoms. The molecule has 1 aromatic rings. The number of nitrogens with one attached hydrogen (secondary N) is 1. The fourth-order valence-electron chi connectivity index (χ4n) is 1.07. The van der Waals surface area contributed by atoms with Crippen LogP contribution in [-0.2, 0) is 11.3 Å². The van der Waals surface area contributed by atoms with Crippen LogP contribution in [0.25, 0.3) is 0 Å². The number of amides is 1. The zero-order valence-corrected chi connectivity index (χ0v) is 9.51. The molecule has 0 aliphatic carbocycles. The lowest BCUT2D eigenvalue weighted by atomic mass is 10.2. The lowest BCUT2D eigenvalue weighted by molar-refractivity contribution is -0.124. The van der Waals surface area contributed by atoms with Gasteiger partial charge in [-0.05, 0) is 17.7 Å². The van der Waals surface area contributed by atoms with Gasteiger partial charge in [0.15, 0.2) is 0 Å². The number of benzene rings is 1. The van der Waals surface area contributed by atoms with Crippen molar-refractivity contribution in [2.24, 2.45) is 5.92 Å². The maximum atomic E-state index is 11.3. The SMILES string of the molecule is CC(C)C(=O)NCc1ccc(O)cc1Cl. The smallest absolute Gasteiger partial charge is 0.222 e. The number of phenolic OH excluding ortho intramolecular Hbond substituents is 1. The molecule has 0 unspecified atom stereocenters. The molecule has 0 aliphatic heterocycles. The molecule has 0 radical (unpaired) electrons. The van der Waals surface area contributed by atoms with Crippen LogP contribution in [0, 0.1) is 5.92 Å². The molecule has 0 fully saturated rings. The first-order chi connectivity index (χ1) is 7.00. The zero-order valence-electron chi connectivity index (χ0n) is 8.75. The Labute approximate surface area is 94.1 Å². The summed E-state index contributed by atoms with van der Waals surface area (Å²) in [6.07, 6.45) is 0. The number of rotatable bonds is 3. The highest BCUT2D eigenvalue weighted by Crippen LogP contribution is 2.21. The molecular weight excluding hydrogens is 214 g/mol. The van der Waals surface area contributed by atoms with E-state index in [1.165, 1.54) is 6.07 Å². The summed E-state index contributed by atoms with van der Waals surface area (Å²) in [5.41, 5.74) is 0.795. The van der Waals surface area contributed by atoms with Crippen molar-refractivity contribution in [3.05, 3.63) is 28.8 Å². The molecule has 0 aliphatic rings. The molecule has 0 bridgehead atoms. The molecule has 2 N–H and O–H groups in total. The average Bonchev–Trinajstić information content (AvgIpc) is 2.15. The van der Waals surface area contributed by atoms with Crippen LogP contribution in [0.2, 0.25) is 5.02 Å². The monoisotopic (exact) mass is 227 g/mol. The van der Waals surface area contributed by atoms with Gasteiger partial charge in [0, 0.05) is 17.5 Å². The van der Waals surface area contributed by atoms with Gasteiger partial charge in [-0.3, -0.25) is 4.79 Å². The lowest BCUT2D eigenvalue weighted by Crippen LogP contribution is -2.27. The van der Waals surface area contributed by atoms with Gasteiger partial charge in [0.1, 0.15) is 5.75 Å². The molecule has 0 aromatic heterocycles. The first-order valence-corrected chi connectivity index (χ1v) is 5.13. The first kappa shape index (κ1) is 11.9. The van der Waals surface area contributed by atoms with E-state index in [1.807, 2.05) is 13.8 Å². The summed E-state index contributed by atoms with van der Waals surface area (Å²) >= 11 is 5.88. The van der Waals surface area contributed by atoms with Crippen LogP contribution in [0.1, 0.15) is 19.4 Å². The molecule has 3 nitrogen and oxygen atoms in total. The van der Waals surface area contributed by atoms with E-state index < -0.39 is 0 Å². The van der Waals surface area contributed by atoms with Crippen LogP contribution in [0.4, 0.5) is 0 Å². The van der Waals surface area contributed by atoms with Crippen molar-refractivity contribution in [1.29, 1.82) is 0 Å². The Balaban J connectivity index is 2.62. The third-order valence-electron chi connectivity index (χ3n) is 2.01. The largest absolute Gasteiger partial charge is 0.508 e. The van der Waals surface area contributed by atoms with Gasteiger partial charge in [0.25, 0.3) is 0 Å². The van der Waals surface area contributed by atoms with Gasteiger partial charge in [0.05, 0.1) is 0 Å². The standard InChI is InChI=1S/C11H14ClNO2/c1-7(2)11(15)13-6-8-3-4-9(14)5-10(8)12/h3-5,7,14H,6H2,1-2H3,(H,13,15). The molecule has 0 saturated carbocycles. The summed E-state index contributed by atoms with van der Waals surface area (Å²) in [6, 6.07) is 4.69. The minimum atomic E-state index is -0.0408.